The number of benzene rings is 1. The van der Waals surface area contributed by atoms with E-state index in [0.717, 1.165) is 17.7 Å². The van der Waals surface area contributed by atoms with Gasteiger partial charge in [-0.05, 0) is 24.0 Å². The van der Waals surface area contributed by atoms with Crippen LogP contribution in [0.3, 0.4) is 0 Å². The van der Waals surface area contributed by atoms with Crippen molar-refractivity contribution < 1.29 is 9.13 Å². The Kier molecular flexibility index (Phi) is 3.60. The molecule has 1 aromatic carbocycles. The lowest BCUT2D eigenvalue weighted by molar-refractivity contribution is 0.288. The zero-order chi connectivity index (χ0) is 13.3. The van der Waals surface area contributed by atoms with Crippen molar-refractivity contribution in [3.8, 4) is 5.75 Å². The van der Waals surface area contributed by atoms with Gasteiger partial charge in [-0.2, -0.15) is 0 Å². The van der Waals surface area contributed by atoms with Crippen molar-refractivity contribution >= 4 is 5.69 Å². The van der Waals surface area contributed by atoms with E-state index in [4.69, 9.17) is 4.74 Å². The first kappa shape index (κ1) is 12.9. The highest BCUT2D eigenvalue weighted by atomic mass is 19.1. The molecule has 0 aromatic heterocycles. The molecule has 0 radical (unpaired) electrons. The van der Waals surface area contributed by atoms with E-state index in [1.54, 1.807) is 0 Å². The van der Waals surface area contributed by atoms with E-state index in [9.17, 15) is 4.39 Å². The van der Waals surface area contributed by atoms with Crippen LogP contribution in [0.15, 0.2) is 24.4 Å². The third-order valence-electron chi connectivity index (χ3n) is 3.28. The Balaban J connectivity index is 2.14. The van der Waals surface area contributed by atoms with Crippen LogP contribution in [-0.4, -0.2) is 13.7 Å². The summed E-state index contributed by atoms with van der Waals surface area (Å²) in [6, 6.07) is 3.39. The van der Waals surface area contributed by atoms with Gasteiger partial charge in [0, 0.05) is 25.2 Å². The minimum atomic E-state index is -0.229. The van der Waals surface area contributed by atoms with Crippen LogP contribution in [0.25, 0.3) is 0 Å². The van der Waals surface area contributed by atoms with Crippen molar-refractivity contribution in [2.24, 2.45) is 5.92 Å². The van der Waals surface area contributed by atoms with Gasteiger partial charge in [0.05, 0.1) is 12.3 Å². The first-order valence-electron chi connectivity index (χ1n) is 6.35. The molecule has 2 nitrogen and oxygen atoms in total. The molecule has 0 N–H and O–H groups in total. The highest BCUT2D eigenvalue weighted by Gasteiger charge is 2.24. The maximum absolute atomic E-state index is 14.0. The Morgan fingerprint density at radius 3 is 2.83 bits per heavy atom. The molecule has 2 rings (SSSR count). The molecule has 0 saturated heterocycles. The van der Waals surface area contributed by atoms with Gasteiger partial charge in [-0.3, -0.25) is 0 Å². The average molecular weight is 249 g/mol. The van der Waals surface area contributed by atoms with E-state index in [1.165, 1.54) is 6.07 Å². The van der Waals surface area contributed by atoms with Gasteiger partial charge in [-0.15, -0.1) is 0 Å². The first-order chi connectivity index (χ1) is 8.49. The molecule has 98 valence electrons. The molecule has 0 saturated carbocycles. The van der Waals surface area contributed by atoms with E-state index >= 15 is 0 Å². The maximum Gasteiger partial charge on any atom is 0.150 e. The largest absolute Gasteiger partial charge is 0.493 e. The molecule has 1 aliphatic rings. The number of hydrogen-bond donors (Lipinski definition) is 0. The number of halogens is 1. The molecule has 0 fully saturated rings. The molecular weight excluding hydrogens is 229 g/mol. The Morgan fingerprint density at radius 1 is 1.44 bits per heavy atom. The highest BCUT2D eigenvalue weighted by molar-refractivity contribution is 5.66. The minimum absolute atomic E-state index is 0.229. The average Bonchev–Trinajstić information content (AvgIpc) is 2.54. The number of ether oxygens (including phenoxy) is 1. The summed E-state index contributed by atoms with van der Waals surface area (Å²) < 4.78 is 19.6. The second kappa shape index (κ2) is 5.01. The number of allylic oxidation sites excluding steroid dienone is 1. The smallest absolute Gasteiger partial charge is 0.150 e. The van der Waals surface area contributed by atoms with Crippen LogP contribution in [0.2, 0.25) is 0 Å². The van der Waals surface area contributed by atoms with Crippen molar-refractivity contribution in [2.45, 2.75) is 26.7 Å². The summed E-state index contributed by atoms with van der Waals surface area (Å²) in [5.41, 5.74) is 2.52. The van der Waals surface area contributed by atoms with Crippen LogP contribution in [0.1, 0.15) is 25.8 Å². The molecule has 3 heteroatoms. The quantitative estimate of drug-likeness (QED) is 0.805. The molecule has 0 aliphatic carbocycles. The lowest BCUT2D eigenvalue weighted by Crippen LogP contribution is -2.11. The van der Waals surface area contributed by atoms with Crippen LogP contribution in [0.5, 0.6) is 5.75 Å². The zero-order valence-electron chi connectivity index (χ0n) is 11.3. The standard InChI is InChI=1S/C15H20FNO/c1-10(2)5-6-18-13-8-12-7-11(3)17(4)15(12)14(16)9-13/h8-10H,3,5-7H2,1-2,4H3. The van der Waals surface area contributed by atoms with Crippen molar-refractivity contribution in [1.29, 1.82) is 0 Å². The molecule has 0 unspecified atom stereocenters. The summed E-state index contributed by atoms with van der Waals surface area (Å²) in [6.07, 6.45) is 1.68. The first-order valence-corrected chi connectivity index (χ1v) is 6.35. The third kappa shape index (κ3) is 2.50. The van der Waals surface area contributed by atoms with Crippen molar-refractivity contribution in [3.05, 3.63) is 35.8 Å². The van der Waals surface area contributed by atoms with Gasteiger partial charge < -0.3 is 9.64 Å². The molecular formula is C15H20FNO. The lowest BCUT2D eigenvalue weighted by atomic mass is 10.1. The molecule has 0 atom stereocenters. The van der Waals surface area contributed by atoms with E-state index < -0.39 is 0 Å². The SMILES string of the molecule is C=C1Cc2cc(OCCC(C)C)cc(F)c2N1C. The summed E-state index contributed by atoms with van der Waals surface area (Å²) in [6.45, 7) is 8.84. The summed E-state index contributed by atoms with van der Waals surface area (Å²) in [4.78, 5) is 1.81. The van der Waals surface area contributed by atoms with Gasteiger partial charge >= 0.3 is 0 Å². The van der Waals surface area contributed by atoms with E-state index in [2.05, 4.69) is 20.4 Å². The predicted octanol–water partition coefficient (Wildman–Crippen LogP) is 3.76. The second-order valence-electron chi connectivity index (χ2n) is 5.25. The number of likely N-dealkylation sites (N-methyl/N-ethyl adjacent to an activating group) is 1. The van der Waals surface area contributed by atoms with Crippen LogP contribution in [0.4, 0.5) is 10.1 Å². The monoisotopic (exact) mass is 249 g/mol. The summed E-state index contributed by atoms with van der Waals surface area (Å²) in [5.74, 6) is 0.985. The fraction of sp³-hybridized carbons (Fsp3) is 0.467. The van der Waals surface area contributed by atoms with E-state index in [1.807, 2.05) is 18.0 Å². The molecule has 1 aliphatic heterocycles. The summed E-state index contributed by atoms with van der Waals surface area (Å²) in [7, 11) is 1.84. The number of nitrogens with zero attached hydrogens (tertiary/aromatic N) is 1. The van der Waals surface area contributed by atoms with Gasteiger partial charge in [0.15, 0.2) is 5.82 Å². The summed E-state index contributed by atoms with van der Waals surface area (Å²) in [5, 5.41) is 0. The van der Waals surface area contributed by atoms with E-state index in [-0.39, 0.29) is 5.82 Å². The van der Waals surface area contributed by atoms with Crippen LogP contribution in [-0.2, 0) is 6.42 Å². The fourth-order valence-corrected chi connectivity index (χ4v) is 2.13. The maximum atomic E-state index is 14.0. The van der Waals surface area contributed by atoms with Gasteiger partial charge in [0.1, 0.15) is 5.75 Å². The Morgan fingerprint density at radius 2 is 2.17 bits per heavy atom. The van der Waals surface area contributed by atoms with E-state index in [0.29, 0.717) is 30.4 Å². The zero-order valence-corrected chi connectivity index (χ0v) is 11.3. The van der Waals surface area contributed by atoms with Gasteiger partial charge in [-0.25, -0.2) is 4.39 Å². The molecule has 18 heavy (non-hydrogen) atoms. The van der Waals surface area contributed by atoms with Gasteiger partial charge in [-0.1, -0.05) is 20.4 Å². The Bertz CT molecular complexity index is 468. The Labute approximate surface area is 108 Å². The van der Waals surface area contributed by atoms with Crippen LogP contribution in [0, 0.1) is 11.7 Å². The molecule has 0 bridgehead atoms. The third-order valence-corrected chi connectivity index (χ3v) is 3.28. The number of rotatable bonds is 4. The van der Waals surface area contributed by atoms with Crippen molar-refractivity contribution in [3.63, 3.8) is 0 Å². The van der Waals surface area contributed by atoms with Crippen molar-refractivity contribution in [1.82, 2.24) is 0 Å². The normalized spacial score (nSPS) is 14.3. The number of fused-ring (bicyclic) bond motifs is 1. The number of anilines is 1. The Hall–Kier alpha value is -1.51. The molecule has 1 aromatic rings. The molecule has 0 amide bonds. The van der Waals surface area contributed by atoms with Crippen LogP contribution >= 0.6 is 0 Å². The fourth-order valence-electron chi connectivity index (χ4n) is 2.13. The second-order valence-corrected chi connectivity index (χ2v) is 5.25. The number of hydrogen-bond acceptors (Lipinski definition) is 2. The lowest BCUT2D eigenvalue weighted by Gasteiger charge is -2.15. The van der Waals surface area contributed by atoms with Crippen LogP contribution < -0.4 is 9.64 Å². The molecule has 1 heterocycles. The predicted molar refractivity (Wildman–Crippen MR) is 72.6 cm³/mol. The van der Waals surface area contributed by atoms with Crippen molar-refractivity contribution in [2.75, 3.05) is 18.6 Å². The minimum Gasteiger partial charge on any atom is -0.493 e. The molecule has 0 spiro atoms. The highest BCUT2D eigenvalue weighted by Crippen LogP contribution is 2.37. The van der Waals surface area contributed by atoms with Gasteiger partial charge in [0.2, 0.25) is 0 Å². The topological polar surface area (TPSA) is 12.5 Å². The summed E-state index contributed by atoms with van der Waals surface area (Å²) >= 11 is 0. The van der Waals surface area contributed by atoms with Gasteiger partial charge in [0.25, 0.3) is 0 Å².